The van der Waals surface area contributed by atoms with Crippen molar-refractivity contribution in [3.8, 4) is 5.19 Å². The molecule has 0 aliphatic heterocycles. The van der Waals surface area contributed by atoms with Crippen LogP contribution in [0.4, 0.5) is 8.78 Å². The third-order valence-electron chi connectivity index (χ3n) is 2.64. The van der Waals surface area contributed by atoms with E-state index in [0.29, 0.717) is 15.4 Å². The molecule has 0 amide bonds. The van der Waals surface area contributed by atoms with E-state index in [1.54, 1.807) is 0 Å². The molecule has 1 unspecified atom stereocenters. The molecule has 0 bridgehead atoms. The molecule has 0 aromatic carbocycles. The molecule has 1 N–H and O–H groups in total. The van der Waals surface area contributed by atoms with Crippen molar-refractivity contribution in [2.75, 3.05) is 6.61 Å². The van der Waals surface area contributed by atoms with E-state index in [-0.39, 0.29) is 18.6 Å². The first kappa shape index (κ1) is 10.6. The van der Waals surface area contributed by atoms with Crippen LogP contribution in [0.3, 0.4) is 0 Å². The monoisotopic (exact) mass is 258 g/mol. The number of rotatable bonds is 3. The van der Waals surface area contributed by atoms with Gasteiger partial charge in [-0.05, 0) is 0 Å². The first-order chi connectivity index (χ1) is 8.04. The Bertz CT molecular complexity index is 622. The van der Waals surface area contributed by atoms with Crippen molar-refractivity contribution >= 4 is 21.6 Å². The maximum atomic E-state index is 12.6. The molecule has 90 valence electrons. The van der Waals surface area contributed by atoms with Gasteiger partial charge >= 0.3 is 0 Å². The van der Waals surface area contributed by atoms with Crippen molar-refractivity contribution in [3.05, 3.63) is 22.6 Å². The van der Waals surface area contributed by atoms with Crippen LogP contribution >= 0.6 is 11.3 Å². The maximum Gasteiger partial charge on any atom is 0.274 e. The van der Waals surface area contributed by atoms with Gasteiger partial charge in [-0.2, -0.15) is 0 Å². The molecule has 2 heterocycles. The number of ether oxygens (including phenoxy) is 1. The van der Waals surface area contributed by atoms with E-state index in [1.807, 2.05) is 0 Å². The quantitative estimate of drug-likeness (QED) is 0.916. The third kappa shape index (κ3) is 2.02. The molecule has 1 aliphatic rings. The van der Waals surface area contributed by atoms with Gasteiger partial charge in [0.1, 0.15) is 5.52 Å². The molecule has 1 saturated carbocycles. The largest absolute Gasteiger partial charge is 0.469 e. The van der Waals surface area contributed by atoms with Crippen molar-refractivity contribution < 1.29 is 13.5 Å². The topological polar surface area (TPSA) is 55.0 Å². The van der Waals surface area contributed by atoms with Crippen molar-refractivity contribution in [1.82, 2.24) is 9.97 Å². The minimum atomic E-state index is -2.58. The third-order valence-corrected chi connectivity index (χ3v) is 3.57. The van der Waals surface area contributed by atoms with Crippen LogP contribution < -0.4 is 10.3 Å². The Balaban J connectivity index is 1.75. The lowest BCUT2D eigenvalue weighted by molar-refractivity contribution is 0.0856. The molecule has 7 heteroatoms. The summed E-state index contributed by atoms with van der Waals surface area (Å²) in [6, 6.07) is 1.41. The molecule has 1 aliphatic carbocycles. The van der Waals surface area contributed by atoms with Gasteiger partial charge < -0.3 is 9.72 Å². The highest BCUT2D eigenvalue weighted by atomic mass is 32.1. The van der Waals surface area contributed by atoms with Gasteiger partial charge in [0, 0.05) is 18.7 Å². The molecule has 4 nitrogen and oxygen atoms in total. The SMILES string of the molecule is O=c1cc2sc(OCC3CC3(F)F)nc2c[nH]1. The second-order valence-electron chi connectivity index (χ2n) is 4.00. The highest BCUT2D eigenvalue weighted by Gasteiger charge is 2.57. The van der Waals surface area contributed by atoms with Crippen LogP contribution in [0.2, 0.25) is 0 Å². The van der Waals surface area contributed by atoms with Gasteiger partial charge in [-0.25, -0.2) is 13.8 Å². The summed E-state index contributed by atoms with van der Waals surface area (Å²) in [5, 5.41) is 0.321. The maximum absolute atomic E-state index is 12.6. The number of alkyl halides is 2. The number of nitrogens with zero attached hydrogens (tertiary/aromatic N) is 1. The number of aromatic nitrogens is 2. The van der Waals surface area contributed by atoms with E-state index in [9.17, 15) is 13.6 Å². The highest BCUT2D eigenvalue weighted by molar-refractivity contribution is 7.20. The molecule has 0 spiro atoms. The van der Waals surface area contributed by atoms with Gasteiger partial charge in [0.2, 0.25) is 5.56 Å². The molecule has 0 radical (unpaired) electrons. The highest BCUT2D eigenvalue weighted by Crippen LogP contribution is 2.48. The van der Waals surface area contributed by atoms with Gasteiger partial charge in [0.25, 0.3) is 11.1 Å². The molecule has 1 fully saturated rings. The second-order valence-corrected chi connectivity index (χ2v) is 4.99. The summed E-state index contributed by atoms with van der Waals surface area (Å²) in [5.41, 5.74) is 0.383. The predicted molar refractivity (Wildman–Crippen MR) is 58.8 cm³/mol. The van der Waals surface area contributed by atoms with Gasteiger partial charge in [-0.1, -0.05) is 11.3 Å². The molecule has 3 rings (SSSR count). The number of H-pyrrole nitrogens is 1. The Kier molecular flexibility index (Phi) is 2.19. The lowest BCUT2D eigenvalue weighted by Gasteiger charge is -1.99. The molecular weight excluding hydrogens is 250 g/mol. The summed E-state index contributed by atoms with van der Waals surface area (Å²) in [6.07, 6.45) is 1.36. The van der Waals surface area contributed by atoms with Crippen LogP contribution in [0, 0.1) is 5.92 Å². The van der Waals surface area contributed by atoms with Crippen LogP contribution in [0.25, 0.3) is 10.2 Å². The summed E-state index contributed by atoms with van der Waals surface area (Å²) in [7, 11) is 0. The fourth-order valence-corrected chi connectivity index (χ4v) is 2.35. The van der Waals surface area contributed by atoms with Gasteiger partial charge in [0.05, 0.1) is 17.2 Å². The summed E-state index contributed by atoms with van der Waals surface area (Å²) < 4.78 is 31.1. The Morgan fingerprint density at radius 3 is 3.12 bits per heavy atom. The van der Waals surface area contributed by atoms with Crippen molar-refractivity contribution in [2.45, 2.75) is 12.3 Å². The Labute approximate surface area is 98.3 Å². The normalized spacial score (nSPS) is 21.6. The Hall–Kier alpha value is -1.50. The number of hydrogen-bond donors (Lipinski definition) is 1. The lowest BCUT2D eigenvalue weighted by atomic mass is 10.4. The molecule has 2 aromatic heterocycles. The summed E-state index contributed by atoms with van der Waals surface area (Å²) in [6.45, 7) is -0.0270. The minimum Gasteiger partial charge on any atom is -0.469 e. The van der Waals surface area contributed by atoms with E-state index in [4.69, 9.17) is 4.74 Å². The number of aromatic amines is 1. The number of thiazole rings is 1. The van der Waals surface area contributed by atoms with E-state index >= 15 is 0 Å². The fraction of sp³-hybridized carbons (Fsp3) is 0.400. The zero-order valence-electron chi connectivity index (χ0n) is 8.57. The average Bonchev–Trinajstić information content (AvgIpc) is 2.71. The van der Waals surface area contributed by atoms with Gasteiger partial charge in [-0.3, -0.25) is 4.79 Å². The predicted octanol–water partition coefficient (Wildman–Crippen LogP) is 2.02. The standard InChI is InChI=1S/C10H8F2N2O2S/c11-10(12)2-5(10)4-16-9-14-6-3-13-8(15)1-7(6)17-9/h1,3,5H,2,4H2,(H,13,15). The first-order valence-corrected chi connectivity index (χ1v) is 5.86. The summed E-state index contributed by atoms with van der Waals surface area (Å²) in [4.78, 5) is 17.6. The zero-order chi connectivity index (χ0) is 12.0. The van der Waals surface area contributed by atoms with E-state index < -0.39 is 11.8 Å². The summed E-state index contributed by atoms with van der Waals surface area (Å²) >= 11 is 1.18. The Morgan fingerprint density at radius 1 is 1.65 bits per heavy atom. The number of nitrogens with one attached hydrogen (secondary N) is 1. The van der Waals surface area contributed by atoms with Crippen LogP contribution in [-0.2, 0) is 0 Å². The molecule has 0 saturated heterocycles. The number of halogens is 2. The number of fused-ring (bicyclic) bond motifs is 1. The van der Waals surface area contributed by atoms with Crippen LogP contribution in [0.15, 0.2) is 17.1 Å². The van der Waals surface area contributed by atoms with E-state index in [0.717, 1.165) is 0 Å². The van der Waals surface area contributed by atoms with Crippen LogP contribution in [0.1, 0.15) is 6.42 Å². The molecule has 2 aromatic rings. The summed E-state index contributed by atoms with van der Waals surface area (Å²) in [5.74, 6) is -3.27. The second kappa shape index (κ2) is 3.49. The smallest absolute Gasteiger partial charge is 0.274 e. The van der Waals surface area contributed by atoms with Crippen molar-refractivity contribution in [2.24, 2.45) is 5.92 Å². The van der Waals surface area contributed by atoms with E-state index in [1.165, 1.54) is 23.6 Å². The van der Waals surface area contributed by atoms with Crippen molar-refractivity contribution in [1.29, 1.82) is 0 Å². The van der Waals surface area contributed by atoms with Crippen molar-refractivity contribution in [3.63, 3.8) is 0 Å². The minimum absolute atomic E-state index is 0.0270. The molecule has 1 atom stereocenters. The fourth-order valence-electron chi connectivity index (χ4n) is 1.51. The number of pyridine rings is 1. The molecular formula is C10H8F2N2O2S. The molecule has 17 heavy (non-hydrogen) atoms. The van der Waals surface area contributed by atoms with E-state index in [2.05, 4.69) is 9.97 Å². The Morgan fingerprint density at radius 2 is 2.41 bits per heavy atom. The van der Waals surface area contributed by atoms with Crippen LogP contribution in [0.5, 0.6) is 5.19 Å². The first-order valence-electron chi connectivity index (χ1n) is 5.04. The average molecular weight is 258 g/mol. The zero-order valence-corrected chi connectivity index (χ0v) is 9.39. The van der Waals surface area contributed by atoms with Gasteiger partial charge in [-0.15, -0.1) is 0 Å². The number of hydrogen-bond acceptors (Lipinski definition) is 4. The van der Waals surface area contributed by atoms with Gasteiger partial charge in [0.15, 0.2) is 0 Å². The lowest BCUT2D eigenvalue weighted by Crippen LogP contribution is -2.05. The van der Waals surface area contributed by atoms with Crippen LogP contribution in [-0.4, -0.2) is 22.5 Å².